The van der Waals surface area contributed by atoms with E-state index in [1.807, 2.05) is 65.0 Å². The van der Waals surface area contributed by atoms with Gasteiger partial charge in [-0.25, -0.2) is 4.79 Å². The number of esters is 1. The minimum atomic E-state index is -1.92. The Balaban J connectivity index is 1.75. The molecule has 0 radical (unpaired) electrons. The van der Waals surface area contributed by atoms with E-state index >= 15 is 0 Å². The number of piperidine rings is 1. The number of rotatable bonds is 14. The van der Waals surface area contributed by atoms with Gasteiger partial charge < -0.3 is 52.6 Å². The molecule has 1 saturated carbocycles. The smallest absolute Gasteiger partial charge is 0.329 e. The molecule has 1 amide bonds. The third-order valence-corrected chi connectivity index (χ3v) is 15.7. The van der Waals surface area contributed by atoms with Crippen LogP contribution in [0.1, 0.15) is 126 Å². The summed E-state index contributed by atoms with van der Waals surface area (Å²) in [5.41, 5.74) is 1.55. The van der Waals surface area contributed by atoms with Crippen LogP contribution in [0.2, 0.25) is 0 Å². The number of nitrogens with zero attached hydrogens (tertiary/aromatic N) is 1. The zero-order valence-electron chi connectivity index (χ0n) is 46.2. The molecule has 1 aliphatic carbocycles. The number of amides is 1. The van der Waals surface area contributed by atoms with Gasteiger partial charge in [0.1, 0.15) is 30.1 Å². The SMILES string of the molecule is COCCOCCO[C@H]1C[C@@H]2CC[C@@H](C)[C@@](OC)(O2)C(=O)C(=O)N2CCCC[C@H]2C(=O)O[C@H]([C@H](C)C[C@@H]2CC[C@@H](O)[C@H](OC)C2)CC(=O)C(C)/C=C(\C)[C@@H](OC)[C@@H](OC)C(=O)[C@H](C)C[C@H](C)/C=C/C=C/C=C/1C. The third kappa shape index (κ3) is 17.5. The summed E-state index contributed by atoms with van der Waals surface area (Å²) in [5.74, 6) is -6.36. The maximum absolute atomic E-state index is 14.8. The van der Waals surface area contributed by atoms with Gasteiger partial charge in [0.15, 0.2) is 5.78 Å². The van der Waals surface area contributed by atoms with Crippen molar-refractivity contribution in [3.63, 3.8) is 0 Å². The number of Topliss-reactive ketones (excluding diaryl/α,β-unsaturated/α-hetero) is 3. The Kier molecular flexibility index (Phi) is 26.3. The van der Waals surface area contributed by atoms with Gasteiger partial charge in [-0.1, -0.05) is 71.1 Å². The van der Waals surface area contributed by atoms with Crippen LogP contribution in [0.3, 0.4) is 0 Å². The second-order valence-corrected chi connectivity index (χ2v) is 21.2. The Bertz CT molecular complexity index is 1900. The van der Waals surface area contributed by atoms with E-state index in [0.29, 0.717) is 83.2 Å². The lowest BCUT2D eigenvalue weighted by atomic mass is 9.78. The molecule has 3 heterocycles. The molecule has 2 saturated heterocycles. The topological polar surface area (TPSA) is 192 Å². The third-order valence-electron chi connectivity index (χ3n) is 15.7. The zero-order chi connectivity index (χ0) is 53.8. The van der Waals surface area contributed by atoms with Crippen molar-refractivity contribution in [1.82, 2.24) is 4.90 Å². The molecule has 0 aromatic heterocycles. The lowest BCUT2D eigenvalue weighted by molar-refractivity contribution is -0.277. The molecule has 0 spiro atoms. The first-order valence-electron chi connectivity index (χ1n) is 26.9. The van der Waals surface area contributed by atoms with Crippen molar-refractivity contribution in [3.8, 4) is 0 Å². The molecule has 0 aromatic carbocycles. The molecule has 3 aliphatic heterocycles. The van der Waals surface area contributed by atoms with Crippen molar-refractivity contribution < 1.29 is 71.7 Å². The minimum Gasteiger partial charge on any atom is -0.460 e. The molecule has 16 heteroatoms. The van der Waals surface area contributed by atoms with Gasteiger partial charge in [-0.3, -0.25) is 19.2 Å². The van der Waals surface area contributed by atoms with Crippen LogP contribution in [-0.2, 0) is 66.6 Å². The molecular weight excluding hydrogens is 939 g/mol. The van der Waals surface area contributed by atoms with Gasteiger partial charge in [-0.2, -0.15) is 0 Å². The maximum Gasteiger partial charge on any atom is 0.329 e. The molecule has 0 aromatic rings. The number of ether oxygens (including phenoxy) is 9. The van der Waals surface area contributed by atoms with E-state index in [0.717, 1.165) is 12.0 Å². The van der Waals surface area contributed by atoms with Crippen LogP contribution in [0.25, 0.3) is 0 Å². The van der Waals surface area contributed by atoms with Gasteiger partial charge in [-0.15, -0.1) is 0 Å². The van der Waals surface area contributed by atoms with Gasteiger partial charge >= 0.3 is 5.97 Å². The quantitative estimate of drug-likeness (QED) is 0.0777. The predicted octanol–water partition coefficient (Wildman–Crippen LogP) is 7.52. The molecule has 1 N–H and O–H groups in total. The van der Waals surface area contributed by atoms with E-state index in [9.17, 15) is 29.1 Å². The lowest BCUT2D eigenvalue weighted by Gasteiger charge is -2.45. The summed E-state index contributed by atoms with van der Waals surface area (Å²) in [7, 11) is 7.57. The van der Waals surface area contributed by atoms with Crippen LogP contribution < -0.4 is 0 Å². The summed E-state index contributed by atoms with van der Waals surface area (Å²) in [6, 6.07) is -1.09. The fourth-order valence-electron chi connectivity index (χ4n) is 11.1. The van der Waals surface area contributed by atoms with Crippen molar-refractivity contribution in [3.05, 3.63) is 47.6 Å². The summed E-state index contributed by atoms with van der Waals surface area (Å²) in [6.07, 6.45) is 13.0. The number of carbonyl (C=O) groups is 5. The van der Waals surface area contributed by atoms with Gasteiger partial charge in [0.2, 0.25) is 5.79 Å². The van der Waals surface area contributed by atoms with Crippen molar-refractivity contribution in [1.29, 1.82) is 0 Å². The molecule has 2 bridgehead atoms. The van der Waals surface area contributed by atoms with Crippen molar-refractivity contribution >= 4 is 29.2 Å². The van der Waals surface area contributed by atoms with Crippen LogP contribution in [0.5, 0.6) is 0 Å². The zero-order valence-corrected chi connectivity index (χ0v) is 46.2. The summed E-state index contributed by atoms with van der Waals surface area (Å²) < 4.78 is 53.6. The average molecular weight is 1030 g/mol. The number of methoxy groups -OCH3 is 5. The average Bonchev–Trinajstić information content (AvgIpc) is 3.37. The minimum absolute atomic E-state index is 0.0458. The highest BCUT2D eigenvalue weighted by Gasteiger charge is 2.55. The second kappa shape index (κ2) is 30.9. The number of aliphatic hydroxyl groups excluding tert-OH is 1. The molecule has 4 aliphatic rings. The van der Waals surface area contributed by atoms with Crippen LogP contribution >= 0.6 is 0 Å². The van der Waals surface area contributed by atoms with E-state index in [1.54, 1.807) is 27.2 Å². The Morgan fingerprint density at radius 2 is 1.52 bits per heavy atom. The van der Waals surface area contributed by atoms with E-state index < -0.39 is 77.9 Å². The molecule has 16 nitrogen and oxygen atoms in total. The first kappa shape index (κ1) is 62.1. The number of hydrogen-bond donors (Lipinski definition) is 1. The Labute approximate surface area is 436 Å². The van der Waals surface area contributed by atoms with Crippen molar-refractivity contribution in [2.75, 3.05) is 68.5 Å². The molecule has 73 heavy (non-hydrogen) atoms. The van der Waals surface area contributed by atoms with Crippen LogP contribution in [-0.4, -0.2) is 162 Å². The maximum atomic E-state index is 14.8. The lowest BCUT2D eigenvalue weighted by Crippen LogP contribution is -2.61. The molecular formula is C57H91NO15. The van der Waals surface area contributed by atoms with E-state index in [1.165, 1.54) is 26.2 Å². The van der Waals surface area contributed by atoms with E-state index in [-0.39, 0.29) is 67.3 Å². The van der Waals surface area contributed by atoms with Crippen LogP contribution in [0.4, 0.5) is 0 Å². The van der Waals surface area contributed by atoms with Crippen LogP contribution in [0, 0.1) is 35.5 Å². The fourth-order valence-corrected chi connectivity index (χ4v) is 11.1. The summed E-state index contributed by atoms with van der Waals surface area (Å²) in [5, 5.41) is 10.6. The molecule has 414 valence electrons. The highest BCUT2D eigenvalue weighted by molar-refractivity contribution is 6.39. The Morgan fingerprint density at radius 1 is 0.795 bits per heavy atom. The van der Waals surface area contributed by atoms with Gasteiger partial charge in [0, 0.05) is 72.7 Å². The van der Waals surface area contributed by atoms with Gasteiger partial charge in [0.05, 0.1) is 50.8 Å². The summed E-state index contributed by atoms with van der Waals surface area (Å²) >= 11 is 0. The number of ketones is 3. The highest BCUT2D eigenvalue weighted by Crippen LogP contribution is 2.39. The molecule has 4 rings (SSSR count). The number of aliphatic hydroxyl groups is 1. The molecule has 1 unspecified atom stereocenters. The number of cyclic esters (lactones) is 1. The summed E-state index contributed by atoms with van der Waals surface area (Å²) in [6.45, 7) is 14.9. The summed E-state index contributed by atoms with van der Waals surface area (Å²) in [4.78, 5) is 73.8. The first-order chi connectivity index (χ1) is 34.8. The standard InChI is InChI=1S/C57H91NO15/c1-36-18-14-13-15-19-37(2)48(71-29-28-70-27-26-65-8)34-44-23-21-42(7)57(69-12,73-44)54(62)55(63)58-25-17-16-20-45(58)56(64)72-49(39(4)32-43-22-24-46(59)50(33-43)66-9)35-47(60)38(3)31-41(6)52(67-10)53(68-11)51(61)40(5)30-36/h13-15,18-19,31,36,38-40,42-46,48-50,52-53,59H,16-17,20-30,32-35H2,1-12H3/b15-13+,18-14+,37-19+,41-31+/t36-,38?,39-,40-,42-,43+,44+,45+,46-,48+,49+,50-,52-,53+,57-/m1/s1. The van der Waals surface area contributed by atoms with Crippen molar-refractivity contribution in [2.45, 2.75) is 180 Å². The molecule has 15 atom stereocenters. The predicted molar refractivity (Wildman–Crippen MR) is 276 cm³/mol. The monoisotopic (exact) mass is 1030 g/mol. The highest BCUT2D eigenvalue weighted by atomic mass is 16.7. The molecule has 3 fully saturated rings. The first-order valence-corrected chi connectivity index (χ1v) is 26.9. The number of carbonyl (C=O) groups excluding carboxylic acids is 5. The largest absolute Gasteiger partial charge is 0.460 e. The fraction of sp³-hybridized carbons (Fsp3) is 0.772. The van der Waals surface area contributed by atoms with Crippen molar-refractivity contribution in [2.24, 2.45) is 35.5 Å². The number of fused-ring (bicyclic) bond motifs is 3. The normalized spacial score (nSPS) is 37.3. The van der Waals surface area contributed by atoms with E-state index in [4.69, 9.17) is 42.6 Å². The van der Waals surface area contributed by atoms with Gasteiger partial charge in [0.25, 0.3) is 11.7 Å². The van der Waals surface area contributed by atoms with Crippen LogP contribution in [0.15, 0.2) is 47.6 Å². The van der Waals surface area contributed by atoms with Gasteiger partial charge in [-0.05, 0) is 107 Å². The van der Waals surface area contributed by atoms with E-state index in [2.05, 4.69) is 6.92 Å². The number of allylic oxidation sites excluding steroid dienone is 6. The Hall–Kier alpha value is -3.45. The number of hydrogen-bond acceptors (Lipinski definition) is 15. The Morgan fingerprint density at radius 3 is 2.21 bits per heavy atom. The second-order valence-electron chi connectivity index (χ2n) is 21.2.